The summed E-state index contributed by atoms with van der Waals surface area (Å²) >= 11 is 2.16. The quantitative estimate of drug-likeness (QED) is 0.613. The van der Waals surface area contributed by atoms with Gasteiger partial charge in [-0.2, -0.15) is 0 Å². The number of rotatable bonds is 3. The lowest BCUT2D eigenvalue weighted by Gasteiger charge is -2.26. The standard InChI is InChI=1S/C10H18INO2/c1-9(2,3)7(11)8(14)12-10(6-13)4-5-10/h7,13H,4-6H2,1-3H3,(H,12,14). The Bertz CT molecular complexity index is 231. The molecule has 0 bridgehead atoms. The lowest BCUT2D eigenvalue weighted by atomic mass is 9.91. The highest BCUT2D eigenvalue weighted by Crippen LogP contribution is 2.36. The van der Waals surface area contributed by atoms with E-state index >= 15 is 0 Å². The molecule has 1 aliphatic rings. The van der Waals surface area contributed by atoms with Crippen LogP contribution < -0.4 is 5.32 Å². The first-order valence-corrected chi connectivity index (χ1v) is 6.12. The second kappa shape index (κ2) is 3.96. The van der Waals surface area contributed by atoms with Crippen LogP contribution in [0, 0.1) is 5.41 Å². The Morgan fingerprint density at radius 3 is 2.36 bits per heavy atom. The Hall–Kier alpha value is 0.160. The molecule has 1 unspecified atom stereocenters. The smallest absolute Gasteiger partial charge is 0.234 e. The third-order valence-corrected chi connectivity index (χ3v) is 4.97. The van der Waals surface area contributed by atoms with Crippen LogP contribution in [0.5, 0.6) is 0 Å². The fourth-order valence-electron chi connectivity index (χ4n) is 1.19. The van der Waals surface area contributed by atoms with Gasteiger partial charge in [0.1, 0.15) is 0 Å². The van der Waals surface area contributed by atoms with Crippen molar-refractivity contribution in [1.82, 2.24) is 5.32 Å². The Morgan fingerprint density at radius 1 is 1.57 bits per heavy atom. The Labute approximate surface area is 98.8 Å². The van der Waals surface area contributed by atoms with Gasteiger partial charge in [-0.15, -0.1) is 0 Å². The summed E-state index contributed by atoms with van der Waals surface area (Å²) in [5, 5.41) is 12.0. The second-order valence-electron chi connectivity index (χ2n) is 5.16. The van der Waals surface area contributed by atoms with Gasteiger partial charge in [0.2, 0.25) is 5.91 Å². The van der Waals surface area contributed by atoms with Crippen LogP contribution in [0.3, 0.4) is 0 Å². The number of halogens is 1. The molecule has 0 aromatic heterocycles. The molecule has 3 nitrogen and oxygen atoms in total. The van der Waals surface area contributed by atoms with Gasteiger partial charge in [0.05, 0.1) is 16.1 Å². The van der Waals surface area contributed by atoms with Crippen LogP contribution in [-0.4, -0.2) is 27.1 Å². The van der Waals surface area contributed by atoms with Crippen LogP contribution in [-0.2, 0) is 4.79 Å². The molecular weight excluding hydrogens is 293 g/mol. The minimum atomic E-state index is -0.286. The molecule has 82 valence electrons. The largest absolute Gasteiger partial charge is 0.394 e. The number of nitrogens with one attached hydrogen (secondary N) is 1. The molecule has 4 heteroatoms. The topological polar surface area (TPSA) is 49.3 Å². The maximum absolute atomic E-state index is 11.8. The molecule has 0 radical (unpaired) electrons. The van der Waals surface area contributed by atoms with Crippen molar-refractivity contribution in [2.75, 3.05) is 6.61 Å². The normalized spacial score (nSPS) is 21.5. The van der Waals surface area contributed by atoms with Gasteiger partial charge >= 0.3 is 0 Å². The van der Waals surface area contributed by atoms with E-state index in [4.69, 9.17) is 5.11 Å². The average molecular weight is 311 g/mol. The molecule has 0 aromatic rings. The number of amides is 1. The minimum absolute atomic E-state index is 0.0316. The zero-order valence-corrected chi connectivity index (χ0v) is 11.1. The van der Waals surface area contributed by atoms with E-state index in [9.17, 15) is 4.79 Å². The number of hydrogen-bond acceptors (Lipinski definition) is 2. The fourth-order valence-corrected chi connectivity index (χ4v) is 1.35. The van der Waals surface area contributed by atoms with Crippen LogP contribution in [0.1, 0.15) is 33.6 Å². The van der Waals surface area contributed by atoms with Crippen molar-refractivity contribution in [1.29, 1.82) is 0 Å². The van der Waals surface area contributed by atoms with Crippen molar-refractivity contribution in [3.63, 3.8) is 0 Å². The predicted molar refractivity (Wildman–Crippen MR) is 64.5 cm³/mol. The first-order valence-electron chi connectivity index (χ1n) is 4.88. The van der Waals surface area contributed by atoms with E-state index in [-0.39, 0.29) is 27.4 Å². The van der Waals surface area contributed by atoms with Gasteiger partial charge in [-0.1, -0.05) is 43.4 Å². The molecule has 14 heavy (non-hydrogen) atoms. The van der Waals surface area contributed by atoms with E-state index in [0.29, 0.717) is 0 Å². The average Bonchev–Trinajstić information content (AvgIpc) is 2.82. The summed E-state index contributed by atoms with van der Waals surface area (Å²) < 4.78 is -0.0517. The minimum Gasteiger partial charge on any atom is -0.394 e. The summed E-state index contributed by atoms with van der Waals surface area (Å²) in [7, 11) is 0. The van der Waals surface area contributed by atoms with Crippen molar-refractivity contribution in [3.8, 4) is 0 Å². The van der Waals surface area contributed by atoms with Gasteiger partial charge in [-0.3, -0.25) is 4.79 Å². The molecule has 2 N–H and O–H groups in total. The molecular formula is C10H18INO2. The van der Waals surface area contributed by atoms with E-state index in [1.165, 1.54) is 0 Å². The van der Waals surface area contributed by atoms with Gasteiger partial charge in [-0.05, 0) is 18.3 Å². The highest BCUT2D eigenvalue weighted by Gasteiger charge is 2.45. The molecule has 1 rings (SSSR count). The van der Waals surface area contributed by atoms with Gasteiger partial charge in [-0.25, -0.2) is 0 Å². The number of aliphatic hydroxyl groups is 1. The van der Waals surface area contributed by atoms with Crippen molar-refractivity contribution in [2.24, 2.45) is 5.41 Å². The Morgan fingerprint density at radius 2 is 2.07 bits per heavy atom. The highest BCUT2D eigenvalue weighted by atomic mass is 127. The molecule has 0 aromatic carbocycles. The summed E-state index contributed by atoms with van der Waals surface area (Å²) in [6.07, 6.45) is 1.81. The maximum Gasteiger partial charge on any atom is 0.234 e. The van der Waals surface area contributed by atoms with Crippen LogP contribution in [0.2, 0.25) is 0 Å². The predicted octanol–water partition coefficient (Wildman–Crippen LogP) is 1.48. The van der Waals surface area contributed by atoms with E-state index < -0.39 is 0 Å². The first-order chi connectivity index (χ1) is 6.31. The lowest BCUT2D eigenvalue weighted by molar-refractivity contribution is -0.123. The molecule has 1 saturated carbocycles. The monoisotopic (exact) mass is 311 g/mol. The molecule has 1 amide bonds. The van der Waals surface area contributed by atoms with Gasteiger partial charge < -0.3 is 10.4 Å². The van der Waals surface area contributed by atoms with Crippen molar-refractivity contribution < 1.29 is 9.90 Å². The van der Waals surface area contributed by atoms with Crippen LogP contribution in [0.15, 0.2) is 0 Å². The first kappa shape index (κ1) is 12.2. The molecule has 0 aliphatic heterocycles. The Balaban J connectivity index is 2.50. The molecule has 1 aliphatic carbocycles. The van der Waals surface area contributed by atoms with E-state index in [0.717, 1.165) is 12.8 Å². The summed E-state index contributed by atoms with van der Waals surface area (Å²) in [4.78, 5) is 11.8. The van der Waals surface area contributed by atoms with E-state index in [2.05, 4.69) is 27.9 Å². The zero-order valence-electron chi connectivity index (χ0n) is 8.93. The highest BCUT2D eigenvalue weighted by molar-refractivity contribution is 14.1. The maximum atomic E-state index is 11.8. The molecule has 0 saturated heterocycles. The third kappa shape index (κ3) is 2.82. The zero-order chi connectivity index (χ0) is 11.0. The number of aliphatic hydroxyl groups excluding tert-OH is 1. The molecule has 0 heterocycles. The molecule has 1 atom stereocenters. The summed E-state index contributed by atoms with van der Waals surface area (Å²) in [6, 6.07) is 0. The van der Waals surface area contributed by atoms with Crippen LogP contribution >= 0.6 is 22.6 Å². The molecule has 1 fully saturated rings. The third-order valence-electron chi connectivity index (χ3n) is 2.54. The van der Waals surface area contributed by atoms with Crippen molar-refractivity contribution >= 4 is 28.5 Å². The second-order valence-corrected chi connectivity index (χ2v) is 6.40. The van der Waals surface area contributed by atoms with Crippen LogP contribution in [0.4, 0.5) is 0 Å². The van der Waals surface area contributed by atoms with Crippen LogP contribution in [0.25, 0.3) is 0 Å². The number of carbonyl (C=O) groups is 1. The summed E-state index contributed by atoms with van der Waals surface area (Å²) in [6.45, 7) is 6.19. The van der Waals surface area contributed by atoms with Crippen molar-refractivity contribution in [3.05, 3.63) is 0 Å². The lowest BCUT2D eigenvalue weighted by Crippen LogP contribution is -2.46. The SMILES string of the molecule is CC(C)(C)C(I)C(=O)NC1(CO)CC1. The molecule has 0 spiro atoms. The number of alkyl halides is 1. The van der Waals surface area contributed by atoms with Gasteiger partial charge in [0.25, 0.3) is 0 Å². The van der Waals surface area contributed by atoms with Gasteiger partial charge in [0, 0.05) is 0 Å². The van der Waals surface area contributed by atoms with E-state index in [1.54, 1.807) is 0 Å². The number of hydrogen-bond donors (Lipinski definition) is 2. The van der Waals surface area contributed by atoms with Crippen molar-refractivity contribution in [2.45, 2.75) is 43.1 Å². The Kier molecular flexibility index (Phi) is 3.46. The number of carbonyl (C=O) groups excluding carboxylic acids is 1. The summed E-state index contributed by atoms with van der Waals surface area (Å²) in [5.74, 6) is 0.0460. The van der Waals surface area contributed by atoms with Gasteiger partial charge in [0.15, 0.2) is 0 Å². The summed E-state index contributed by atoms with van der Waals surface area (Å²) in [5.41, 5.74) is -0.318. The van der Waals surface area contributed by atoms with E-state index in [1.807, 2.05) is 20.8 Å². The fraction of sp³-hybridized carbons (Fsp3) is 0.900.